The zero-order valence-electron chi connectivity index (χ0n) is 16.8. The number of amides is 2. The number of hydrogen-bond donors (Lipinski definition) is 1. The number of hydrogen-bond acceptors (Lipinski definition) is 4. The van der Waals surface area contributed by atoms with Crippen LogP contribution in [0.3, 0.4) is 0 Å². The lowest BCUT2D eigenvalue weighted by molar-refractivity contribution is -0.141. The Labute approximate surface area is 170 Å². The van der Waals surface area contributed by atoms with Crippen LogP contribution >= 0.6 is 11.6 Å². The van der Waals surface area contributed by atoms with E-state index < -0.39 is 11.9 Å². The van der Waals surface area contributed by atoms with Crippen molar-refractivity contribution < 1.29 is 19.1 Å². The van der Waals surface area contributed by atoms with Crippen molar-refractivity contribution in [2.75, 3.05) is 13.2 Å². The fraction of sp³-hybridized carbons (Fsp3) is 0.476. The van der Waals surface area contributed by atoms with E-state index in [-0.39, 0.29) is 37.4 Å². The van der Waals surface area contributed by atoms with E-state index in [0.29, 0.717) is 21.9 Å². The van der Waals surface area contributed by atoms with Gasteiger partial charge in [-0.3, -0.25) is 9.59 Å². The number of carbonyl (C=O) groups excluding carboxylic acids is 3. The second kappa shape index (κ2) is 9.73. The summed E-state index contributed by atoms with van der Waals surface area (Å²) >= 11 is 6.33. The maximum absolute atomic E-state index is 12.8. The first-order valence-electron chi connectivity index (χ1n) is 9.52. The molecule has 0 saturated heterocycles. The minimum atomic E-state index is -0.505. The first-order chi connectivity index (χ1) is 13.3. The standard InChI is InChI=1S/C21H27ClN2O4/c1-5-13(3)23-18(25)12-24-14(4)20(21(27)28-6-2)16(11-19(24)26)15-9-7-8-10-17(15)22/h7-10,13,16H,5-6,11-12H2,1-4H3,(H,23,25)/t13-,16+/m0/s1. The molecular formula is C21H27ClN2O4. The summed E-state index contributed by atoms with van der Waals surface area (Å²) in [6.45, 7) is 7.35. The van der Waals surface area contributed by atoms with Crippen LogP contribution in [0.4, 0.5) is 0 Å². The molecule has 7 heteroatoms. The SMILES string of the molecule is CCOC(=O)C1=C(C)N(CC(=O)N[C@@H](C)CC)C(=O)C[C@@H]1c1ccccc1Cl. The highest BCUT2D eigenvalue weighted by Gasteiger charge is 2.38. The number of allylic oxidation sites excluding steroid dienone is 1. The van der Waals surface area contributed by atoms with Gasteiger partial charge in [-0.25, -0.2) is 4.79 Å². The maximum atomic E-state index is 12.8. The highest BCUT2D eigenvalue weighted by molar-refractivity contribution is 6.31. The van der Waals surface area contributed by atoms with Crippen LogP contribution in [0, 0.1) is 0 Å². The minimum absolute atomic E-state index is 0.0112. The number of esters is 1. The molecule has 152 valence electrons. The molecule has 6 nitrogen and oxygen atoms in total. The summed E-state index contributed by atoms with van der Waals surface area (Å²) in [5.74, 6) is -1.49. The van der Waals surface area contributed by atoms with Gasteiger partial charge in [0.25, 0.3) is 0 Å². The molecule has 28 heavy (non-hydrogen) atoms. The maximum Gasteiger partial charge on any atom is 0.336 e. The predicted octanol–water partition coefficient (Wildman–Crippen LogP) is 3.41. The van der Waals surface area contributed by atoms with Gasteiger partial charge in [0.05, 0.1) is 12.2 Å². The molecule has 0 bridgehead atoms. The Morgan fingerprint density at radius 2 is 2.00 bits per heavy atom. The monoisotopic (exact) mass is 406 g/mol. The van der Waals surface area contributed by atoms with Crippen molar-refractivity contribution in [3.05, 3.63) is 46.1 Å². The third kappa shape index (κ3) is 4.93. The van der Waals surface area contributed by atoms with E-state index in [4.69, 9.17) is 16.3 Å². The van der Waals surface area contributed by atoms with E-state index in [1.54, 1.807) is 32.0 Å². The Balaban J connectivity index is 2.42. The summed E-state index contributed by atoms with van der Waals surface area (Å²) in [5, 5.41) is 3.33. The average molecular weight is 407 g/mol. The van der Waals surface area contributed by atoms with Crippen molar-refractivity contribution in [2.45, 2.75) is 52.5 Å². The molecule has 2 rings (SSSR count). The molecule has 1 aromatic carbocycles. The summed E-state index contributed by atoms with van der Waals surface area (Å²) in [4.78, 5) is 39.2. The van der Waals surface area contributed by atoms with E-state index in [1.807, 2.05) is 19.9 Å². The van der Waals surface area contributed by atoms with Gasteiger partial charge in [0.15, 0.2) is 0 Å². The lowest BCUT2D eigenvalue weighted by Gasteiger charge is -2.34. The Bertz CT molecular complexity index is 790. The van der Waals surface area contributed by atoms with Gasteiger partial charge in [-0.1, -0.05) is 36.7 Å². The first-order valence-corrected chi connectivity index (χ1v) is 9.89. The Morgan fingerprint density at radius 1 is 1.32 bits per heavy atom. The fourth-order valence-corrected chi connectivity index (χ4v) is 3.53. The van der Waals surface area contributed by atoms with Crippen molar-refractivity contribution in [2.24, 2.45) is 0 Å². The number of halogens is 1. The predicted molar refractivity (Wildman–Crippen MR) is 108 cm³/mol. The van der Waals surface area contributed by atoms with Gasteiger partial charge in [-0.15, -0.1) is 0 Å². The lowest BCUT2D eigenvalue weighted by Crippen LogP contribution is -2.45. The van der Waals surface area contributed by atoms with E-state index in [9.17, 15) is 14.4 Å². The molecule has 1 aliphatic rings. The van der Waals surface area contributed by atoms with Gasteiger partial charge >= 0.3 is 5.97 Å². The molecule has 0 saturated carbocycles. The molecule has 1 N–H and O–H groups in total. The van der Waals surface area contributed by atoms with Crippen LogP contribution in [0.25, 0.3) is 0 Å². The molecular weight excluding hydrogens is 380 g/mol. The van der Waals surface area contributed by atoms with Crippen molar-refractivity contribution in [1.29, 1.82) is 0 Å². The van der Waals surface area contributed by atoms with Gasteiger partial charge in [0.1, 0.15) is 6.54 Å². The van der Waals surface area contributed by atoms with Gasteiger partial charge in [0.2, 0.25) is 11.8 Å². The number of nitrogens with one attached hydrogen (secondary N) is 1. The van der Waals surface area contributed by atoms with Gasteiger partial charge < -0.3 is 15.0 Å². The van der Waals surface area contributed by atoms with E-state index in [1.165, 1.54) is 4.90 Å². The van der Waals surface area contributed by atoms with Gasteiger partial charge in [-0.05, 0) is 38.8 Å². The average Bonchev–Trinajstić information content (AvgIpc) is 2.65. The van der Waals surface area contributed by atoms with Crippen molar-refractivity contribution in [3.63, 3.8) is 0 Å². The first kappa shape index (κ1) is 22.0. The van der Waals surface area contributed by atoms with E-state index in [0.717, 1.165) is 6.42 Å². The Hall–Kier alpha value is -2.34. The lowest BCUT2D eigenvalue weighted by atomic mass is 9.83. The highest BCUT2D eigenvalue weighted by atomic mass is 35.5. The molecule has 1 heterocycles. The van der Waals surface area contributed by atoms with Crippen LogP contribution in [0.5, 0.6) is 0 Å². The van der Waals surface area contributed by atoms with E-state index in [2.05, 4.69) is 5.32 Å². The zero-order valence-corrected chi connectivity index (χ0v) is 17.5. The van der Waals surface area contributed by atoms with Crippen LogP contribution in [-0.2, 0) is 19.1 Å². The Kier molecular flexibility index (Phi) is 7.63. The second-order valence-corrected chi connectivity index (χ2v) is 7.26. The fourth-order valence-electron chi connectivity index (χ4n) is 3.27. The topological polar surface area (TPSA) is 75.7 Å². The van der Waals surface area contributed by atoms with Crippen molar-refractivity contribution in [1.82, 2.24) is 10.2 Å². The molecule has 0 radical (unpaired) electrons. The number of ether oxygens (including phenoxy) is 1. The van der Waals surface area contributed by atoms with Crippen molar-refractivity contribution >= 4 is 29.4 Å². The van der Waals surface area contributed by atoms with Crippen molar-refractivity contribution in [3.8, 4) is 0 Å². The molecule has 0 spiro atoms. The van der Waals surface area contributed by atoms with E-state index >= 15 is 0 Å². The summed E-state index contributed by atoms with van der Waals surface area (Å²) in [6, 6.07) is 7.15. The molecule has 1 aromatic rings. The number of carbonyl (C=O) groups is 3. The summed E-state index contributed by atoms with van der Waals surface area (Å²) in [7, 11) is 0. The molecule has 0 aliphatic carbocycles. The third-order valence-electron chi connectivity index (χ3n) is 4.92. The smallest absolute Gasteiger partial charge is 0.336 e. The molecule has 2 atom stereocenters. The highest BCUT2D eigenvalue weighted by Crippen LogP contribution is 2.39. The zero-order chi connectivity index (χ0) is 20.8. The van der Waals surface area contributed by atoms with Crippen LogP contribution in [-0.4, -0.2) is 41.9 Å². The molecule has 1 aliphatic heterocycles. The Morgan fingerprint density at radius 3 is 2.61 bits per heavy atom. The molecule has 0 aromatic heterocycles. The number of rotatable bonds is 7. The second-order valence-electron chi connectivity index (χ2n) is 6.85. The normalized spacial score (nSPS) is 18.1. The largest absolute Gasteiger partial charge is 0.463 e. The molecule has 0 unspecified atom stereocenters. The van der Waals surface area contributed by atoms with Crippen LogP contribution < -0.4 is 5.32 Å². The number of benzene rings is 1. The summed E-state index contributed by atoms with van der Waals surface area (Å²) in [6.07, 6.45) is 0.836. The molecule has 2 amide bonds. The summed E-state index contributed by atoms with van der Waals surface area (Å²) in [5.41, 5.74) is 1.49. The van der Waals surface area contributed by atoms with Gasteiger partial charge in [-0.2, -0.15) is 0 Å². The quantitative estimate of drug-likeness (QED) is 0.704. The van der Waals surface area contributed by atoms with Crippen LogP contribution in [0.15, 0.2) is 35.5 Å². The van der Waals surface area contributed by atoms with Crippen LogP contribution in [0.1, 0.15) is 52.0 Å². The molecule has 0 fully saturated rings. The minimum Gasteiger partial charge on any atom is -0.463 e. The summed E-state index contributed by atoms with van der Waals surface area (Å²) < 4.78 is 5.24. The van der Waals surface area contributed by atoms with Gasteiger partial charge in [0, 0.05) is 29.1 Å². The number of nitrogens with zero attached hydrogens (tertiary/aromatic N) is 1. The third-order valence-corrected chi connectivity index (χ3v) is 5.26. The van der Waals surface area contributed by atoms with Crippen LogP contribution in [0.2, 0.25) is 5.02 Å².